The summed E-state index contributed by atoms with van der Waals surface area (Å²) in [6.45, 7) is 2.34. The van der Waals surface area contributed by atoms with Crippen molar-refractivity contribution in [3.8, 4) is 11.5 Å². The van der Waals surface area contributed by atoms with Gasteiger partial charge in [0.25, 0.3) is 11.5 Å². The molecular weight excluding hydrogens is 300 g/mol. The van der Waals surface area contributed by atoms with Gasteiger partial charge in [0.2, 0.25) is 5.76 Å². The van der Waals surface area contributed by atoms with E-state index in [9.17, 15) is 9.59 Å². The second-order valence-corrected chi connectivity index (χ2v) is 4.87. The number of carbonyl (C=O) groups is 1. The highest BCUT2D eigenvalue weighted by atomic mass is 16.5. The lowest BCUT2D eigenvalue weighted by atomic mass is 10.3. The van der Waals surface area contributed by atoms with E-state index < -0.39 is 0 Å². The molecule has 0 radical (unpaired) electrons. The number of amides is 1. The topological polar surface area (TPSA) is 103 Å². The van der Waals surface area contributed by atoms with Crippen molar-refractivity contribution < 1.29 is 13.7 Å². The van der Waals surface area contributed by atoms with E-state index in [0.717, 1.165) is 0 Å². The molecule has 0 aromatic carbocycles. The van der Waals surface area contributed by atoms with Crippen LogP contribution in [0.25, 0.3) is 11.5 Å². The fourth-order valence-corrected chi connectivity index (χ4v) is 1.98. The molecule has 0 spiro atoms. The molecule has 0 unspecified atom stereocenters. The Balaban J connectivity index is 1.58. The van der Waals surface area contributed by atoms with Gasteiger partial charge in [0, 0.05) is 30.9 Å². The van der Waals surface area contributed by atoms with E-state index in [-0.39, 0.29) is 23.7 Å². The zero-order valence-electron chi connectivity index (χ0n) is 12.4. The van der Waals surface area contributed by atoms with Crippen molar-refractivity contribution in [1.29, 1.82) is 0 Å². The van der Waals surface area contributed by atoms with Gasteiger partial charge in [-0.25, -0.2) is 4.98 Å². The average Bonchev–Trinajstić information content (AvgIpc) is 3.20. The smallest absolute Gasteiger partial charge is 0.273 e. The third kappa shape index (κ3) is 3.37. The van der Waals surface area contributed by atoms with Crippen LogP contribution < -0.4 is 10.9 Å². The number of rotatable bonds is 5. The van der Waals surface area contributed by atoms with E-state index >= 15 is 0 Å². The number of nitrogens with zero attached hydrogens (tertiary/aromatic N) is 3. The van der Waals surface area contributed by atoms with Gasteiger partial charge < -0.3 is 14.3 Å². The number of hydrogen-bond acceptors (Lipinski definition) is 6. The van der Waals surface area contributed by atoms with E-state index in [2.05, 4.69) is 15.5 Å². The molecule has 3 aromatic rings. The molecular formula is C15H14N4O4. The van der Waals surface area contributed by atoms with E-state index in [4.69, 9.17) is 8.94 Å². The average molecular weight is 314 g/mol. The summed E-state index contributed by atoms with van der Waals surface area (Å²) in [6.07, 6.45) is 2.96. The van der Waals surface area contributed by atoms with Crippen molar-refractivity contribution in [3.63, 3.8) is 0 Å². The molecule has 3 heterocycles. The monoisotopic (exact) mass is 314 g/mol. The first-order valence-electron chi connectivity index (χ1n) is 6.95. The van der Waals surface area contributed by atoms with Crippen molar-refractivity contribution >= 4 is 5.91 Å². The minimum Gasteiger partial charge on any atom is -0.461 e. The second-order valence-electron chi connectivity index (χ2n) is 4.87. The van der Waals surface area contributed by atoms with Crippen LogP contribution in [0.4, 0.5) is 0 Å². The first-order valence-corrected chi connectivity index (χ1v) is 6.95. The van der Waals surface area contributed by atoms with Gasteiger partial charge in [-0.05, 0) is 19.1 Å². The number of nitrogens with one attached hydrogen (secondary N) is 1. The molecule has 0 saturated heterocycles. The quantitative estimate of drug-likeness (QED) is 0.759. The predicted molar refractivity (Wildman–Crippen MR) is 79.8 cm³/mol. The van der Waals surface area contributed by atoms with Gasteiger partial charge in [-0.1, -0.05) is 5.16 Å². The van der Waals surface area contributed by atoms with Crippen molar-refractivity contribution in [1.82, 2.24) is 20.0 Å². The van der Waals surface area contributed by atoms with Crippen LogP contribution in [0.15, 0.2) is 50.6 Å². The maximum Gasteiger partial charge on any atom is 0.273 e. The van der Waals surface area contributed by atoms with Gasteiger partial charge in [0.1, 0.15) is 0 Å². The van der Waals surface area contributed by atoms with Crippen LogP contribution >= 0.6 is 0 Å². The summed E-state index contributed by atoms with van der Waals surface area (Å²) in [5.41, 5.74) is 0.641. The van der Waals surface area contributed by atoms with E-state index in [1.807, 2.05) is 0 Å². The summed E-state index contributed by atoms with van der Waals surface area (Å²) >= 11 is 0. The molecule has 8 nitrogen and oxygen atoms in total. The summed E-state index contributed by atoms with van der Waals surface area (Å²) in [4.78, 5) is 27.7. The summed E-state index contributed by atoms with van der Waals surface area (Å²) in [7, 11) is 0. The Kier molecular flexibility index (Phi) is 4.05. The summed E-state index contributed by atoms with van der Waals surface area (Å²) < 4.78 is 11.6. The molecule has 118 valence electrons. The fraction of sp³-hybridized carbons (Fsp3) is 0.200. The Labute approximate surface area is 130 Å². The molecule has 0 aliphatic heterocycles. The van der Waals surface area contributed by atoms with Gasteiger partial charge in [-0.3, -0.25) is 14.2 Å². The number of carbonyl (C=O) groups excluding carboxylic acids is 1. The van der Waals surface area contributed by atoms with Gasteiger partial charge >= 0.3 is 0 Å². The van der Waals surface area contributed by atoms with Crippen LogP contribution in [0.5, 0.6) is 0 Å². The van der Waals surface area contributed by atoms with Crippen LogP contribution in [-0.2, 0) is 6.54 Å². The molecule has 0 bridgehead atoms. The summed E-state index contributed by atoms with van der Waals surface area (Å²) in [5.74, 6) is 0.479. The minimum absolute atomic E-state index is 0.144. The minimum atomic E-state index is -0.389. The number of aryl methyl sites for hydroxylation is 1. The first-order chi connectivity index (χ1) is 11.1. The van der Waals surface area contributed by atoms with Crippen LogP contribution in [0.3, 0.4) is 0 Å². The van der Waals surface area contributed by atoms with E-state index in [1.165, 1.54) is 29.3 Å². The highest BCUT2D eigenvalue weighted by molar-refractivity contribution is 5.92. The Morgan fingerprint density at radius 2 is 2.22 bits per heavy atom. The van der Waals surface area contributed by atoms with Crippen molar-refractivity contribution in [2.75, 3.05) is 6.54 Å². The summed E-state index contributed by atoms with van der Waals surface area (Å²) in [6, 6.07) is 6.35. The molecule has 0 atom stereocenters. The third-order valence-electron chi connectivity index (χ3n) is 3.16. The Hall–Kier alpha value is -3.16. The molecule has 1 amide bonds. The maximum atomic E-state index is 12.0. The molecule has 0 saturated carbocycles. The van der Waals surface area contributed by atoms with Gasteiger partial charge in [-0.2, -0.15) is 0 Å². The Morgan fingerprint density at radius 1 is 1.35 bits per heavy atom. The second kappa shape index (κ2) is 6.30. The SMILES string of the molecule is Cc1cc(=O)n(CCNC(=O)c2cc(-c3ccco3)on2)cn1. The highest BCUT2D eigenvalue weighted by Crippen LogP contribution is 2.20. The van der Waals surface area contributed by atoms with E-state index in [1.54, 1.807) is 19.1 Å². The summed E-state index contributed by atoms with van der Waals surface area (Å²) in [5, 5.41) is 6.37. The fourth-order valence-electron chi connectivity index (χ4n) is 1.98. The van der Waals surface area contributed by atoms with Crippen molar-refractivity contribution in [2.24, 2.45) is 0 Å². The number of aromatic nitrogens is 3. The predicted octanol–water partition coefficient (Wildman–Crippen LogP) is 1.23. The molecule has 3 rings (SSSR count). The Bertz CT molecular complexity index is 864. The third-order valence-corrected chi connectivity index (χ3v) is 3.16. The van der Waals surface area contributed by atoms with Gasteiger partial charge in [0.15, 0.2) is 11.5 Å². The normalized spacial score (nSPS) is 10.7. The lowest BCUT2D eigenvalue weighted by molar-refractivity contribution is 0.0943. The largest absolute Gasteiger partial charge is 0.461 e. The van der Waals surface area contributed by atoms with Crippen LogP contribution in [-0.4, -0.2) is 27.2 Å². The van der Waals surface area contributed by atoms with Gasteiger partial charge in [-0.15, -0.1) is 0 Å². The van der Waals surface area contributed by atoms with E-state index in [0.29, 0.717) is 23.8 Å². The molecule has 0 aliphatic carbocycles. The molecule has 23 heavy (non-hydrogen) atoms. The molecule has 0 fully saturated rings. The van der Waals surface area contributed by atoms with Gasteiger partial charge in [0.05, 0.1) is 12.6 Å². The molecule has 8 heteroatoms. The Morgan fingerprint density at radius 3 is 2.96 bits per heavy atom. The van der Waals surface area contributed by atoms with Crippen LogP contribution in [0.2, 0.25) is 0 Å². The highest BCUT2D eigenvalue weighted by Gasteiger charge is 2.14. The number of hydrogen-bond donors (Lipinski definition) is 1. The zero-order chi connectivity index (χ0) is 16.2. The first kappa shape index (κ1) is 14.8. The lowest BCUT2D eigenvalue weighted by Gasteiger charge is -2.05. The van der Waals surface area contributed by atoms with Crippen molar-refractivity contribution in [2.45, 2.75) is 13.5 Å². The number of furan rings is 1. The zero-order valence-corrected chi connectivity index (χ0v) is 12.4. The van der Waals surface area contributed by atoms with Crippen LogP contribution in [0.1, 0.15) is 16.2 Å². The molecule has 1 N–H and O–H groups in total. The van der Waals surface area contributed by atoms with Crippen LogP contribution in [0, 0.1) is 6.92 Å². The molecule has 0 aliphatic rings. The molecule has 3 aromatic heterocycles. The lowest BCUT2D eigenvalue weighted by Crippen LogP contribution is -2.31. The maximum absolute atomic E-state index is 12.0. The van der Waals surface area contributed by atoms with Crippen molar-refractivity contribution in [3.05, 3.63) is 58.6 Å². The standard InChI is InChI=1S/C15H14N4O4/c1-10-7-14(20)19(9-17-10)5-4-16-15(21)11-8-13(23-18-11)12-3-2-6-22-12/h2-3,6-9H,4-5H2,1H3,(H,16,21).